The van der Waals surface area contributed by atoms with Crippen LogP contribution in [0.3, 0.4) is 0 Å². The van der Waals surface area contributed by atoms with E-state index in [9.17, 15) is 13.6 Å². The van der Waals surface area contributed by atoms with Crippen molar-refractivity contribution in [3.8, 4) is 0 Å². The van der Waals surface area contributed by atoms with Crippen molar-refractivity contribution in [2.75, 3.05) is 19.7 Å². The molecule has 2 rings (SSSR count). The van der Waals surface area contributed by atoms with Gasteiger partial charge in [0, 0.05) is 12.6 Å². The van der Waals surface area contributed by atoms with Crippen molar-refractivity contribution in [2.45, 2.75) is 31.7 Å². The number of likely N-dealkylation sites (tertiary alicyclic amines) is 1. The Morgan fingerprint density at radius 2 is 2.15 bits per heavy atom. The quantitative estimate of drug-likeness (QED) is 0.844. The topological polar surface area (TPSA) is 40.5 Å². The Morgan fingerprint density at radius 1 is 1.35 bits per heavy atom. The van der Waals surface area contributed by atoms with E-state index in [1.54, 1.807) is 0 Å². The first-order valence-electron chi connectivity index (χ1n) is 6.95. The van der Waals surface area contributed by atoms with Gasteiger partial charge in [-0.25, -0.2) is 8.78 Å². The average Bonchev–Trinajstić information content (AvgIpc) is 2.44. The fourth-order valence-corrected chi connectivity index (χ4v) is 2.72. The highest BCUT2D eigenvalue weighted by Crippen LogP contribution is 2.20. The van der Waals surface area contributed by atoms with Crippen molar-refractivity contribution in [1.29, 1.82) is 0 Å². The van der Waals surface area contributed by atoms with Gasteiger partial charge in [0.1, 0.15) is 11.6 Å². The number of hydrogen-bond donors (Lipinski definition) is 1. The summed E-state index contributed by atoms with van der Waals surface area (Å²) in [4.78, 5) is 14.1. The lowest BCUT2D eigenvalue weighted by atomic mass is 9.98. The van der Waals surface area contributed by atoms with Crippen molar-refractivity contribution in [3.05, 3.63) is 35.4 Å². The molecule has 0 saturated carbocycles. The standard InChI is InChI=1S/C15H19F2NO2/c16-11-4-5-14(17)13(9-11)15(20)10-18-7-2-1-3-12(18)6-8-19/h4-5,9,12,19H,1-3,6-8,10H2. The third-order valence-corrected chi connectivity index (χ3v) is 3.79. The summed E-state index contributed by atoms with van der Waals surface area (Å²) < 4.78 is 26.7. The van der Waals surface area contributed by atoms with Gasteiger partial charge in [-0.1, -0.05) is 6.42 Å². The van der Waals surface area contributed by atoms with Crippen LogP contribution >= 0.6 is 0 Å². The summed E-state index contributed by atoms with van der Waals surface area (Å²) in [6.07, 6.45) is 3.60. The van der Waals surface area contributed by atoms with Gasteiger partial charge in [-0.2, -0.15) is 0 Å². The molecule has 1 N–H and O–H groups in total. The fourth-order valence-electron chi connectivity index (χ4n) is 2.72. The maximum Gasteiger partial charge on any atom is 0.179 e. The zero-order valence-electron chi connectivity index (χ0n) is 11.3. The van der Waals surface area contributed by atoms with Crippen LogP contribution in [-0.2, 0) is 0 Å². The zero-order valence-corrected chi connectivity index (χ0v) is 11.3. The summed E-state index contributed by atoms with van der Waals surface area (Å²) in [6.45, 7) is 0.905. The molecule has 1 heterocycles. The number of aliphatic hydroxyl groups excluding tert-OH is 1. The Balaban J connectivity index is 2.07. The van der Waals surface area contributed by atoms with Crippen molar-refractivity contribution in [3.63, 3.8) is 0 Å². The minimum Gasteiger partial charge on any atom is -0.396 e. The Labute approximate surface area is 117 Å². The molecule has 1 atom stereocenters. The van der Waals surface area contributed by atoms with Gasteiger partial charge < -0.3 is 5.11 Å². The number of halogens is 2. The van der Waals surface area contributed by atoms with Gasteiger partial charge in [0.25, 0.3) is 0 Å². The Morgan fingerprint density at radius 3 is 2.90 bits per heavy atom. The van der Waals surface area contributed by atoms with Crippen LogP contribution in [0.15, 0.2) is 18.2 Å². The van der Waals surface area contributed by atoms with E-state index in [2.05, 4.69) is 0 Å². The smallest absolute Gasteiger partial charge is 0.179 e. The second-order valence-corrected chi connectivity index (χ2v) is 5.18. The van der Waals surface area contributed by atoms with Crippen molar-refractivity contribution in [2.24, 2.45) is 0 Å². The van der Waals surface area contributed by atoms with Crippen LogP contribution in [0.5, 0.6) is 0 Å². The average molecular weight is 283 g/mol. The number of piperidine rings is 1. The first kappa shape index (κ1) is 15.1. The molecule has 1 saturated heterocycles. The SMILES string of the molecule is O=C(CN1CCCCC1CCO)c1cc(F)ccc1F. The first-order valence-corrected chi connectivity index (χ1v) is 6.95. The van der Waals surface area contributed by atoms with Crippen LogP contribution < -0.4 is 0 Å². The highest BCUT2D eigenvalue weighted by atomic mass is 19.1. The lowest BCUT2D eigenvalue weighted by Gasteiger charge is -2.34. The van der Waals surface area contributed by atoms with Gasteiger partial charge in [0.2, 0.25) is 0 Å². The monoisotopic (exact) mass is 283 g/mol. The molecule has 1 aromatic carbocycles. The van der Waals surface area contributed by atoms with Crippen LogP contribution in [0.4, 0.5) is 8.78 Å². The molecule has 0 aromatic heterocycles. The third-order valence-electron chi connectivity index (χ3n) is 3.79. The minimum atomic E-state index is -0.688. The largest absolute Gasteiger partial charge is 0.396 e. The van der Waals surface area contributed by atoms with Gasteiger partial charge >= 0.3 is 0 Å². The minimum absolute atomic E-state index is 0.0731. The van der Waals surface area contributed by atoms with Crippen molar-refractivity contribution in [1.82, 2.24) is 4.90 Å². The summed E-state index contributed by atoms with van der Waals surface area (Å²) in [5, 5.41) is 9.05. The molecule has 1 fully saturated rings. The second-order valence-electron chi connectivity index (χ2n) is 5.18. The van der Waals surface area contributed by atoms with E-state index in [-0.39, 0.29) is 24.8 Å². The van der Waals surface area contributed by atoms with Crippen molar-refractivity contribution >= 4 is 5.78 Å². The highest BCUT2D eigenvalue weighted by Gasteiger charge is 2.25. The predicted octanol–water partition coefficient (Wildman–Crippen LogP) is 2.38. The molecular formula is C15H19F2NO2. The molecular weight excluding hydrogens is 264 g/mol. The van der Waals surface area contributed by atoms with Gasteiger partial charge in [-0.3, -0.25) is 9.69 Å². The van der Waals surface area contributed by atoms with Gasteiger partial charge in [-0.15, -0.1) is 0 Å². The molecule has 1 unspecified atom stereocenters. The number of carbonyl (C=O) groups excluding carboxylic acids is 1. The van der Waals surface area contributed by atoms with E-state index in [1.807, 2.05) is 4.90 Å². The number of nitrogens with zero attached hydrogens (tertiary/aromatic N) is 1. The van der Waals surface area contributed by atoms with E-state index >= 15 is 0 Å². The van der Waals surface area contributed by atoms with Gasteiger partial charge in [0.05, 0.1) is 12.1 Å². The molecule has 0 spiro atoms. The van der Waals surface area contributed by atoms with Crippen molar-refractivity contribution < 1.29 is 18.7 Å². The number of rotatable bonds is 5. The van der Waals surface area contributed by atoms with Crippen LogP contribution in [-0.4, -0.2) is 41.5 Å². The number of aliphatic hydroxyl groups is 1. The van der Waals surface area contributed by atoms with E-state index in [0.29, 0.717) is 6.42 Å². The summed E-state index contributed by atoms with van der Waals surface area (Å²) in [5.74, 6) is -1.71. The summed E-state index contributed by atoms with van der Waals surface area (Å²) in [6, 6.07) is 3.07. The maximum atomic E-state index is 13.6. The highest BCUT2D eigenvalue weighted by molar-refractivity contribution is 5.97. The molecule has 1 aliphatic heterocycles. The summed E-state index contributed by atoms with van der Waals surface area (Å²) >= 11 is 0. The first-order chi connectivity index (χ1) is 9.61. The molecule has 5 heteroatoms. The lowest BCUT2D eigenvalue weighted by molar-refractivity contribution is 0.0795. The fraction of sp³-hybridized carbons (Fsp3) is 0.533. The van der Waals surface area contributed by atoms with E-state index in [0.717, 1.165) is 44.0 Å². The van der Waals surface area contributed by atoms with Crippen LogP contribution in [0, 0.1) is 11.6 Å². The molecule has 110 valence electrons. The second kappa shape index (κ2) is 6.90. The maximum absolute atomic E-state index is 13.6. The lowest BCUT2D eigenvalue weighted by Crippen LogP contribution is -2.43. The Bertz CT molecular complexity index is 477. The van der Waals surface area contributed by atoms with E-state index < -0.39 is 17.4 Å². The summed E-state index contributed by atoms with van der Waals surface area (Å²) in [7, 11) is 0. The molecule has 3 nitrogen and oxygen atoms in total. The van der Waals surface area contributed by atoms with E-state index in [1.165, 1.54) is 0 Å². The molecule has 1 aliphatic rings. The predicted molar refractivity (Wildman–Crippen MR) is 71.6 cm³/mol. The molecule has 20 heavy (non-hydrogen) atoms. The molecule has 1 aromatic rings. The number of benzene rings is 1. The number of hydrogen-bond acceptors (Lipinski definition) is 3. The molecule has 0 radical (unpaired) electrons. The van der Waals surface area contributed by atoms with E-state index in [4.69, 9.17) is 5.11 Å². The Kier molecular flexibility index (Phi) is 5.20. The van der Waals surface area contributed by atoms with Gasteiger partial charge in [0.15, 0.2) is 5.78 Å². The molecule has 0 aliphatic carbocycles. The third kappa shape index (κ3) is 3.61. The van der Waals surface area contributed by atoms with Gasteiger partial charge in [-0.05, 0) is 44.0 Å². The number of Topliss-reactive ketones (excluding diaryl/α,β-unsaturated/α-hetero) is 1. The molecule has 0 bridgehead atoms. The normalized spacial score (nSPS) is 20.1. The zero-order chi connectivity index (χ0) is 14.5. The van der Waals surface area contributed by atoms with Crippen LogP contribution in [0.2, 0.25) is 0 Å². The van der Waals surface area contributed by atoms with Crippen LogP contribution in [0.1, 0.15) is 36.0 Å². The summed E-state index contributed by atoms with van der Waals surface area (Å²) in [5.41, 5.74) is -0.196. The number of ketones is 1. The Hall–Kier alpha value is -1.33. The molecule has 0 amide bonds. The number of carbonyl (C=O) groups is 1. The van der Waals surface area contributed by atoms with Crippen LogP contribution in [0.25, 0.3) is 0 Å².